The van der Waals surface area contributed by atoms with E-state index < -0.39 is 5.82 Å². The van der Waals surface area contributed by atoms with Crippen LogP contribution < -0.4 is 5.32 Å². The van der Waals surface area contributed by atoms with Gasteiger partial charge in [-0.15, -0.1) is 0 Å². The van der Waals surface area contributed by atoms with E-state index in [-0.39, 0.29) is 5.82 Å². The van der Waals surface area contributed by atoms with E-state index in [1.54, 1.807) is 6.08 Å². The van der Waals surface area contributed by atoms with Crippen molar-refractivity contribution in [3.05, 3.63) is 41.0 Å². The van der Waals surface area contributed by atoms with Gasteiger partial charge in [0.2, 0.25) is 0 Å². The zero-order valence-electron chi connectivity index (χ0n) is 10.6. The van der Waals surface area contributed by atoms with E-state index in [1.165, 1.54) is 6.07 Å². The number of benzene rings is 1. The molecule has 0 saturated carbocycles. The van der Waals surface area contributed by atoms with E-state index in [1.807, 2.05) is 6.92 Å². The Bertz CT molecular complexity index is 397. The molecular weight excluding hydrogens is 220 g/mol. The number of halogens is 2. The van der Waals surface area contributed by atoms with Gasteiger partial charge in [-0.1, -0.05) is 32.4 Å². The summed E-state index contributed by atoms with van der Waals surface area (Å²) in [6, 6.07) is 3.89. The zero-order valence-corrected chi connectivity index (χ0v) is 10.6. The molecule has 0 aromatic heterocycles. The van der Waals surface area contributed by atoms with Gasteiger partial charge in [-0.05, 0) is 24.6 Å². The first-order chi connectivity index (χ1) is 8.02. The molecule has 0 heterocycles. The fourth-order valence-corrected chi connectivity index (χ4v) is 1.46. The maximum Gasteiger partial charge on any atom is 0.130 e. The average Bonchev–Trinajstić information content (AvgIpc) is 2.28. The highest BCUT2D eigenvalue weighted by Crippen LogP contribution is 2.15. The molecule has 0 bridgehead atoms. The van der Waals surface area contributed by atoms with Gasteiger partial charge in [-0.3, -0.25) is 0 Å². The molecule has 0 unspecified atom stereocenters. The summed E-state index contributed by atoms with van der Waals surface area (Å²) in [4.78, 5) is 0. The Morgan fingerprint density at radius 1 is 1.35 bits per heavy atom. The first kappa shape index (κ1) is 13.8. The third-order valence-electron chi connectivity index (χ3n) is 2.51. The molecule has 1 aromatic rings. The minimum atomic E-state index is -0.412. The summed E-state index contributed by atoms with van der Waals surface area (Å²) >= 11 is 0. The molecule has 0 aliphatic rings. The highest BCUT2D eigenvalue weighted by Gasteiger charge is 2.03. The van der Waals surface area contributed by atoms with Crippen molar-refractivity contribution in [3.63, 3.8) is 0 Å². The van der Waals surface area contributed by atoms with Gasteiger partial charge >= 0.3 is 0 Å². The van der Waals surface area contributed by atoms with Gasteiger partial charge < -0.3 is 5.32 Å². The Hall–Kier alpha value is -1.22. The predicted molar refractivity (Wildman–Crippen MR) is 67.8 cm³/mol. The lowest BCUT2D eigenvalue weighted by atomic mass is 10.1. The van der Waals surface area contributed by atoms with Crippen molar-refractivity contribution in [2.75, 3.05) is 6.54 Å². The lowest BCUT2D eigenvalue weighted by molar-refractivity contribution is 0.597. The van der Waals surface area contributed by atoms with Gasteiger partial charge in [-0.2, -0.15) is 0 Å². The predicted octanol–water partition coefficient (Wildman–Crippen LogP) is 3.76. The van der Waals surface area contributed by atoms with Gasteiger partial charge in [-0.25, -0.2) is 8.78 Å². The SMILES string of the molecule is CCC(=Cc1cc(F)ccc1F)CNC(C)C. The largest absolute Gasteiger partial charge is 0.311 e. The van der Waals surface area contributed by atoms with E-state index in [9.17, 15) is 8.78 Å². The van der Waals surface area contributed by atoms with E-state index in [0.29, 0.717) is 18.2 Å². The minimum absolute atomic E-state index is 0.312. The third-order valence-corrected chi connectivity index (χ3v) is 2.51. The van der Waals surface area contributed by atoms with Crippen molar-refractivity contribution in [1.82, 2.24) is 5.32 Å². The maximum atomic E-state index is 13.4. The quantitative estimate of drug-likeness (QED) is 0.825. The minimum Gasteiger partial charge on any atom is -0.311 e. The van der Waals surface area contributed by atoms with Crippen LogP contribution in [-0.2, 0) is 0 Å². The summed E-state index contributed by atoms with van der Waals surface area (Å²) in [5.41, 5.74) is 1.37. The molecule has 1 aromatic carbocycles. The Labute approximate surface area is 102 Å². The topological polar surface area (TPSA) is 12.0 Å². The first-order valence-corrected chi connectivity index (χ1v) is 5.90. The Balaban J connectivity index is 2.86. The third kappa shape index (κ3) is 4.65. The van der Waals surface area contributed by atoms with Crippen molar-refractivity contribution in [1.29, 1.82) is 0 Å². The molecule has 17 heavy (non-hydrogen) atoms. The molecule has 0 fully saturated rings. The Morgan fingerprint density at radius 3 is 2.65 bits per heavy atom. The van der Waals surface area contributed by atoms with Gasteiger partial charge in [0.25, 0.3) is 0 Å². The normalized spacial score (nSPS) is 12.2. The summed E-state index contributed by atoms with van der Waals surface area (Å²) in [7, 11) is 0. The summed E-state index contributed by atoms with van der Waals surface area (Å²) in [5, 5.41) is 3.27. The lowest BCUT2D eigenvalue weighted by Gasteiger charge is -2.10. The molecule has 0 aliphatic heterocycles. The van der Waals surface area contributed by atoms with Crippen LogP contribution in [0, 0.1) is 11.6 Å². The van der Waals surface area contributed by atoms with Crippen LogP contribution in [0.15, 0.2) is 23.8 Å². The van der Waals surface area contributed by atoms with Crippen LogP contribution in [0.1, 0.15) is 32.8 Å². The molecule has 1 N–H and O–H groups in total. The molecule has 0 radical (unpaired) electrons. The summed E-state index contributed by atoms with van der Waals surface area (Å²) in [6.45, 7) is 6.81. The van der Waals surface area contributed by atoms with Crippen LogP contribution in [-0.4, -0.2) is 12.6 Å². The van der Waals surface area contributed by atoms with E-state index in [2.05, 4.69) is 19.2 Å². The van der Waals surface area contributed by atoms with Crippen molar-refractivity contribution in [2.24, 2.45) is 0 Å². The number of hydrogen-bond donors (Lipinski definition) is 1. The Kier molecular flexibility index (Phi) is 5.29. The smallest absolute Gasteiger partial charge is 0.130 e. The molecule has 1 nitrogen and oxygen atoms in total. The standard InChI is InChI=1S/C14H19F2N/c1-4-11(9-17-10(2)3)7-12-8-13(15)5-6-14(12)16/h5-8,10,17H,4,9H2,1-3H3. The Morgan fingerprint density at radius 2 is 2.06 bits per heavy atom. The monoisotopic (exact) mass is 239 g/mol. The summed E-state index contributed by atoms with van der Waals surface area (Å²) < 4.78 is 26.4. The second-order valence-corrected chi connectivity index (χ2v) is 4.36. The van der Waals surface area contributed by atoms with Gasteiger partial charge in [0.05, 0.1) is 0 Å². The molecule has 0 spiro atoms. The van der Waals surface area contributed by atoms with Crippen molar-refractivity contribution in [2.45, 2.75) is 33.2 Å². The first-order valence-electron chi connectivity index (χ1n) is 5.90. The molecule has 0 saturated heterocycles. The van der Waals surface area contributed by atoms with Crippen LogP contribution in [0.3, 0.4) is 0 Å². The molecule has 0 amide bonds. The van der Waals surface area contributed by atoms with Crippen LogP contribution in [0.2, 0.25) is 0 Å². The second-order valence-electron chi connectivity index (χ2n) is 4.36. The van der Waals surface area contributed by atoms with Crippen LogP contribution in [0.25, 0.3) is 6.08 Å². The second kappa shape index (κ2) is 6.50. The van der Waals surface area contributed by atoms with Gasteiger partial charge in [0.15, 0.2) is 0 Å². The van der Waals surface area contributed by atoms with E-state index >= 15 is 0 Å². The fourth-order valence-electron chi connectivity index (χ4n) is 1.46. The molecule has 1 rings (SSSR count). The zero-order chi connectivity index (χ0) is 12.8. The molecule has 0 aliphatic carbocycles. The molecule has 94 valence electrons. The highest BCUT2D eigenvalue weighted by molar-refractivity contribution is 5.53. The van der Waals surface area contributed by atoms with Gasteiger partial charge in [0, 0.05) is 18.2 Å². The molecular formula is C14H19F2N. The van der Waals surface area contributed by atoms with Crippen molar-refractivity contribution in [3.8, 4) is 0 Å². The highest BCUT2D eigenvalue weighted by atomic mass is 19.1. The maximum absolute atomic E-state index is 13.4. The van der Waals surface area contributed by atoms with Crippen molar-refractivity contribution < 1.29 is 8.78 Å². The van der Waals surface area contributed by atoms with E-state index in [4.69, 9.17) is 0 Å². The fraction of sp³-hybridized carbons (Fsp3) is 0.429. The van der Waals surface area contributed by atoms with Crippen molar-refractivity contribution >= 4 is 6.08 Å². The van der Waals surface area contributed by atoms with Gasteiger partial charge in [0.1, 0.15) is 11.6 Å². The van der Waals surface area contributed by atoms with Crippen LogP contribution in [0.4, 0.5) is 8.78 Å². The molecule has 0 atom stereocenters. The number of hydrogen-bond acceptors (Lipinski definition) is 1. The summed E-state index contributed by atoms with van der Waals surface area (Å²) in [5.74, 6) is -0.799. The molecule has 3 heteroatoms. The lowest BCUT2D eigenvalue weighted by Crippen LogP contribution is -2.24. The van der Waals surface area contributed by atoms with E-state index in [0.717, 1.165) is 24.1 Å². The average molecular weight is 239 g/mol. The number of rotatable bonds is 5. The number of nitrogens with one attached hydrogen (secondary N) is 1. The summed E-state index contributed by atoms with van der Waals surface area (Å²) in [6.07, 6.45) is 2.53. The van der Waals surface area contributed by atoms with Crippen LogP contribution >= 0.6 is 0 Å². The van der Waals surface area contributed by atoms with Crippen LogP contribution in [0.5, 0.6) is 0 Å².